The number of nitrogens with zero attached hydrogens (tertiary/aromatic N) is 1. The first kappa shape index (κ1) is 21.0. The number of anilines is 1. The van der Waals surface area contributed by atoms with Gasteiger partial charge in [-0.3, -0.25) is 4.79 Å². The Labute approximate surface area is 180 Å². The van der Waals surface area contributed by atoms with Gasteiger partial charge in [0.15, 0.2) is 6.61 Å². The monoisotopic (exact) mass is 440 g/mol. The van der Waals surface area contributed by atoms with Gasteiger partial charge in [-0.25, -0.2) is 17.5 Å². The average Bonchev–Trinajstić information content (AvgIpc) is 2.78. The summed E-state index contributed by atoms with van der Waals surface area (Å²) in [4.78, 5) is 13.2. The number of carbonyl (C=O) groups is 1. The predicted molar refractivity (Wildman–Crippen MR) is 115 cm³/mol. The first-order valence-corrected chi connectivity index (χ1v) is 11.2. The van der Waals surface area contributed by atoms with E-state index in [4.69, 9.17) is 4.74 Å². The molecule has 1 atom stereocenters. The average molecular weight is 440 g/mol. The zero-order valence-electron chi connectivity index (χ0n) is 16.8. The van der Waals surface area contributed by atoms with Crippen molar-refractivity contribution in [1.29, 1.82) is 0 Å². The number of halogens is 1. The Hall–Kier alpha value is -3.23. The summed E-state index contributed by atoms with van der Waals surface area (Å²) >= 11 is 0. The van der Waals surface area contributed by atoms with Gasteiger partial charge in [0, 0.05) is 19.5 Å². The third-order valence-corrected chi connectivity index (χ3v) is 6.71. The lowest BCUT2D eigenvalue weighted by molar-refractivity contribution is -0.120. The molecule has 0 saturated heterocycles. The lowest BCUT2D eigenvalue weighted by atomic mass is 9.91. The van der Waals surface area contributed by atoms with Crippen molar-refractivity contribution in [3.8, 4) is 5.75 Å². The zero-order valence-corrected chi connectivity index (χ0v) is 17.6. The van der Waals surface area contributed by atoms with E-state index in [0.717, 1.165) is 5.56 Å². The second-order valence-corrected chi connectivity index (χ2v) is 8.97. The van der Waals surface area contributed by atoms with Crippen LogP contribution in [0.15, 0.2) is 77.7 Å². The van der Waals surface area contributed by atoms with Crippen LogP contribution < -0.4 is 14.4 Å². The maximum absolute atomic E-state index is 14.5. The van der Waals surface area contributed by atoms with E-state index in [2.05, 4.69) is 4.72 Å². The second kappa shape index (κ2) is 8.49. The van der Waals surface area contributed by atoms with Crippen LogP contribution in [0.2, 0.25) is 0 Å². The molecular formula is C23H21FN2O4S. The normalized spacial score (nSPS) is 14.6. The fourth-order valence-electron chi connectivity index (χ4n) is 3.55. The van der Waals surface area contributed by atoms with Crippen LogP contribution in [0.25, 0.3) is 0 Å². The molecule has 1 aliphatic rings. The summed E-state index contributed by atoms with van der Waals surface area (Å²) in [7, 11) is -2.36. The van der Waals surface area contributed by atoms with E-state index >= 15 is 0 Å². The molecule has 0 saturated carbocycles. The van der Waals surface area contributed by atoms with E-state index in [1.165, 1.54) is 29.2 Å². The van der Waals surface area contributed by atoms with Gasteiger partial charge in [0.05, 0.1) is 10.6 Å². The second-order valence-electron chi connectivity index (χ2n) is 7.21. The summed E-state index contributed by atoms with van der Waals surface area (Å²) in [6.07, 6.45) is 0. The minimum Gasteiger partial charge on any atom is -0.482 e. The lowest BCUT2D eigenvalue weighted by Gasteiger charge is -2.26. The summed E-state index contributed by atoms with van der Waals surface area (Å²) in [6.45, 7) is -0.120. The summed E-state index contributed by atoms with van der Waals surface area (Å²) in [5.41, 5.74) is 1.58. The molecular weight excluding hydrogens is 419 g/mol. The first-order chi connectivity index (χ1) is 14.9. The smallest absolute Gasteiger partial charge is 0.264 e. The van der Waals surface area contributed by atoms with Crippen LogP contribution in [0.4, 0.5) is 10.1 Å². The number of carbonyl (C=O) groups excluding carboxylic acids is 1. The van der Waals surface area contributed by atoms with Gasteiger partial charge in [-0.2, -0.15) is 0 Å². The Morgan fingerprint density at radius 1 is 1.06 bits per heavy atom. The van der Waals surface area contributed by atoms with Gasteiger partial charge in [-0.05, 0) is 35.4 Å². The van der Waals surface area contributed by atoms with Crippen molar-refractivity contribution in [1.82, 2.24) is 4.72 Å². The molecule has 1 aliphatic heterocycles. The van der Waals surface area contributed by atoms with Crippen molar-refractivity contribution in [3.05, 3.63) is 89.7 Å². The summed E-state index contributed by atoms with van der Waals surface area (Å²) in [6, 6.07) is 19.8. The fraction of sp³-hybridized carbons (Fsp3) is 0.174. The highest BCUT2D eigenvalue weighted by atomic mass is 32.2. The molecule has 160 valence electrons. The first-order valence-electron chi connectivity index (χ1n) is 9.69. The number of fused-ring (bicyclic) bond motifs is 1. The Kier molecular flexibility index (Phi) is 5.75. The molecule has 1 heterocycles. The van der Waals surface area contributed by atoms with Crippen molar-refractivity contribution >= 4 is 21.6 Å². The standard InChI is InChI=1S/C23H21FN2O4S/c1-26-21-13-17(11-12-22(21)30-15-23(26)27)31(28,29)25-14-19(16-7-3-2-4-8-16)18-9-5-6-10-20(18)24/h2-13,19,25H,14-15H2,1H3/t19-/m0/s1. The molecule has 3 aromatic rings. The molecule has 31 heavy (non-hydrogen) atoms. The number of likely N-dealkylation sites (N-methyl/N-ethyl adjacent to an activating group) is 1. The molecule has 8 heteroatoms. The summed E-state index contributed by atoms with van der Waals surface area (Å²) < 4.78 is 48.5. The Bertz CT molecular complexity index is 1220. The maximum atomic E-state index is 14.5. The number of nitrogens with one attached hydrogen (secondary N) is 1. The number of hydrogen-bond acceptors (Lipinski definition) is 4. The summed E-state index contributed by atoms with van der Waals surface area (Å²) in [5.74, 6) is -0.739. The van der Waals surface area contributed by atoms with Crippen LogP contribution in [0.3, 0.4) is 0 Å². The molecule has 1 amide bonds. The van der Waals surface area contributed by atoms with Crippen LogP contribution in [0.1, 0.15) is 17.0 Å². The number of sulfonamides is 1. The Morgan fingerprint density at radius 3 is 2.52 bits per heavy atom. The van der Waals surface area contributed by atoms with Crippen molar-refractivity contribution in [3.63, 3.8) is 0 Å². The topological polar surface area (TPSA) is 75.7 Å². The van der Waals surface area contributed by atoms with Crippen LogP contribution in [0, 0.1) is 5.82 Å². The van der Waals surface area contributed by atoms with E-state index in [1.807, 2.05) is 30.3 Å². The lowest BCUT2D eigenvalue weighted by Crippen LogP contribution is -2.36. The number of ether oxygens (including phenoxy) is 1. The van der Waals surface area contributed by atoms with Crippen LogP contribution in [-0.4, -0.2) is 34.5 Å². The number of benzene rings is 3. The van der Waals surface area contributed by atoms with Gasteiger partial charge in [-0.1, -0.05) is 48.5 Å². The molecule has 0 fully saturated rings. The van der Waals surface area contributed by atoms with E-state index in [-0.39, 0.29) is 24.0 Å². The van der Waals surface area contributed by atoms with Gasteiger partial charge in [-0.15, -0.1) is 0 Å². The number of rotatable bonds is 6. The van der Waals surface area contributed by atoms with Gasteiger partial charge in [0.1, 0.15) is 11.6 Å². The molecule has 0 aliphatic carbocycles. The minimum absolute atomic E-state index is 0.00301. The largest absolute Gasteiger partial charge is 0.482 e. The quantitative estimate of drug-likeness (QED) is 0.638. The molecule has 1 N–H and O–H groups in total. The molecule has 0 unspecified atom stereocenters. The van der Waals surface area contributed by atoms with Crippen molar-refractivity contribution in [2.75, 3.05) is 25.1 Å². The third-order valence-electron chi connectivity index (χ3n) is 5.29. The molecule has 6 nitrogen and oxygen atoms in total. The van der Waals surface area contributed by atoms with E-state index in [9.17, 15) is 17.6 Å². The van der Waals surface area contributed by atoms with Crippen molar-refractivity contribution in [2.24, 2.45) is 0 Å². The predicted octanol–water partition coefficient (Wildman–Crippen LogP) is 3.29. The van der Waals surface area contributed by atoms with E-state index in [1.54, 1.807) is 25.2 Å². The fourth-order valence-corrected chi connectivity index (χ4v) is 4.61. The van der Waals surface area contributed by atoms with E-state index < -0.39 is 21.8 Å². The van der Waals surface area contributed by atoms with Gasteiger partial charge in [0.25, 0.3) is 5.91 Å². The zero-order chi connectivity index (χ0) is 22.0. The molecule has 0 spiro atoms. The van der Waals surface area contributed by atoms with Crippen LogP contribution >= 0.6 is 0 Å². The van der Waals surface area contributed by atoms with Crippen LogP contribution in [0.5, 0.6) is 5.75 Å². The molecule has 4 rings (SSSR count). The van der Waals surface area contributed by atoms with Gasteiger partial charge < -0.3 is 9.64 Å². The molecule has 0 aromatic heterocycles. The van der Waals surface area contributed by atoms with Crippen molar-refractivity contribution in [2.45, 2.75) is 10.8 Å². The van der Waals surface area contributed by atoms with Crippen molar-refractivity contribution < 1.29 is 22.3 Å². The third kappa shape index (κ3) is 4.30. The molecule has 0 bridgehead atoms. The van der Waals surface area contributed by atoms with Gasteiger partial charge >= 0.3 is 0 Å². The number of hydrogen-bond donors (Lipinski definition) is 1. The maximum Gasteiger partial charge on any atom is 0.264 e. The Morgan fingerprint density at radius 2 is 1.77 bits per heavy atom. The number of amides is 1. The molecule has 3 aromatic carbocycles. The van der Waals surface area contributed by atoms with Crippen LogP contribution in [-0.2, 0) is 14.8 Å². The minimum atomic E-state index is -3.92. The SMILES string of the molecule is CN1C(=O)COc2ccc(S(=O)(=O)NC[C@@H](c3ccccc3)c3ccccc3F)cc21. The Balaban J connectivity index is 1.63. The highest BCUT2D eigenvalue weighted by Crippen LogP contribution is 2.33. The summed E-state index contributed by atoms with van der Waals surface area (Å²) in [5, 5.41) is 0. The molecule has 0 radical (unpaired) electrons. The van der Waals surface area contributed by atoms with E-state index in [0.29, 0.717) is 17.0 Å². The highest BCUT2D eigenvalue weighted by Gasteiger charge is 2.26. The van der Waals surface area contributed by atoms with Gasteiger partial charge in [0.2, 0.25) is 10.0 Å². The highest BCUT2D eigenvalue weighted by molar-refractivity contribution is 7.89.